The highest BCUT2D eigenvalue weighted by Crippen LogP contribution is 2.29. The summed E-state index contributed by atoms with van der Waals surface area (Å²) < 4.78 is 0. The lowest BCUT2D eigenvalue weighted by molar-refractivity contribution is -0.118. The van der Waals surface area contributed by atoms with Crippen molar-refractivity contribution in [3.8, 4) is 0 Å². The summed E-state index contributed by atoms with van der Waals surface area (Å²) in [6, 6.07) is 22.7. The first-order valence-electron chi connectivity index (χ1n) is 9.34. The molecular weight excluding hydrogens is 320 g/mol. The predicted octanol–water partition coefficient (Wildman–Crippen LogP) is 4.83. The maximum absolute atomic E-state index is 12.7. The van der Waals surface area contributed by atoms with Gasteiger partial charge in [-0.3, -0.25) is 10.1 Å². The second kappa shape index (κ2) is 7.30. The molecule has 0 aliphatic heterocycles. The van der Waals surface area contributed by atoms with E-state index in [1.54, 1.807) is 0 Å². The lowest BCUT2D eigenvalue weighted by Gasteiger charge is -2.29. The third-order valence-electron chi connectivity index (χ3n) is 5.23. The van der Waals surface area contributed by atoms with E-state index < -0.39 is 0 Å². The summed E-state index contributed by atoms with van der Waals surface area (Å²) in [6.45, 7) is 1.94. The fourth-order valence-corrected chi connectivity index (χ4v) is 3.82. The second-order valence-electron chi connectivity index (χ2n) is 7.08. The third kappa shape index (κ3) is 3.49. The zero-order valence-electron chi connectivity index (χ0n) is 15.0. The van der Waals surface area contributed by atoms with E-state index in [4.69, 9.17) is 0 Å². The molecular formula is C23H24N2O. The molecule has 3 aromatic rings. The third-order valence-corrected chi connectivity index (χ3v) is 5.23. The summed E-state index contributed by atoms with van der Waals surface area (Å²) >= 11 is 0. The Bertz CT molecular complexity index is 934. The monoisotopic (exact) mass is 344 g/mol. The molecule has 3 aromatic carbocycles. The van der Waals surface area contributed by atoms with Crippen LogP contribution in [0.1, 0.15) is 36.9 Å². The summed E-state index contributed by atoms with van der Waals surface area (Å²) in [4.78, 5) is 12.7. The number of carbonyl (C=O) groups is 1. The van der Waals surface area contributed by atoms with Gasteiger partial charge in [0.25, 0.3) is 0 Å². The van der Waals surface area contributed by atoms with Gasteiger partial charge in [-0.2, -0.15) is 0 Å². The highest BCUT2D eigenvalue weighted by atomic mass is 16.2. The van der Waals surface area contributed by atoms with Crippen LogP contribution >= 0.6 is 0 Å². The van der Waals surface area contributed by atoms with E-state index in [2.05, 4.69) is 47.0 Å². The van der Waals surface area contributed by atoms with Crippen LogP contribution in [0.25, 0.3) is 10.8 Å². The number of anilines is 1. The molecule has 3 nitrogen and oxygen atoms in total. The second-order valence-corrected chi connectivity index (χ2v) is 7.08. The van der Waals surface area contributed by atoms with Crippen LogP contribution in [-0.2, 0) is 11.2 Å². The number of aryl methyl sites for hydroxylation is 1. The van der Waals surface area contributed by atoms with Gasteiger partial charge in [-0.25, -0.2) is 0 Å². The SMILES string of the molecule is C[C@H](N[C@H]1CCCc2ccccc21)C(=O)Nc1ccc2ccccc2c1. The maximum atomic E-state index is 12.7. The van der Waals surface area contributed by atoms with Crippen molar-refractivity contribution in [2.75, 3.05) is 5.32 Å². The van der Waals surface area contributed by atoms with E-state index in [1.165, 1.54) is 16.5 Å². The van der Waals surface area contributed by atoms with Gasteiger partial charge in [0.1, 0.15) is 0 Å². The van der Waals surface area contributed by atoms with Gasteiger partial charge < -0.3 is 5.32 Å². The van der Waals surface area contributed by atoms with E-state index in [0.29, 0.717) is 0 Å². The van der Waals surface area contributed by atoms with Gasteiger partial charge in [-0.15, -0.1) is 0 Å². The highest BCUT2D eigenvalue weighted by molar-refractivity contribution is 5.97. The van der Waals surface area contributed by atoms with Crippen LogP contribution in [-0.4, -0.2) is 11.9 Å². The lowest BCUT2D eigenvalue weighted by atomic mass is 9.87. The Morgan fingerprint density at radius 2 is 1.77 bits per heavy atom. The van der Waals surface area contributed by atoms with Crippen molar-refractivity contribution in [2.24, 2.45) is 0 Å². The van der Waals surface area contributed by atoms with Gasteiger partial charge in [-0.05, 0) is 60.2 Å². The first kappa shape index (κ1) is 16.8. The number of fused-ring (bicyclic) bond motifs is 2. The molecule has 2 atom stereocenters. The molecule has 3 heteroatoms. The van der Waals surface area contributed by atoms with Crippen LogP contribution in [0.3, 0.4) is 0 Å². The van der Waals surface area contributed by atoms with Crippen molar-refractivity contribution in [2.45, 2.75) is 38.3 Å². The number of hydrogen-bond donors (Lipinski definition) is 2. The quantitative estimate of drug-likeness (QED) is 0.711. The van der Waals surface area contributed by atoms with Gasteiger partial charge >= 0.3 is 0 Å². The Balaban J connectivity index is 1.45. The van der Waals surface area contributed by atoms with Gasteiger partial charge in [0.2, 0.25) is 5.91 Å². The van der Waals surface area contributed by atoms with Crippen molar-refractivity contribution in [3.63, 3.8) is 0 Å². The minimum absolute atomic E-state index is 0.00309. The van der Waals surface area contributed by atoms with Gasteiger partial charge in [-0.1, -0.05) is 54.6 Å². The molecule has 26 heavy (non-hydrogen) atoms. The molecule has 1 aliphatic carbocycles. The number of hydrogen-bond acceptors (Lipinski definition) is 2. The van der Waals surface area contributed by atoms with Crippen molar-refractivity contribution in [1.82, 2.24) is 5.32 Å². The average molecular weight is 344 g/mol. The molecule has 0 aromatic heterocycles. The Labute approximate surface area is 154 Å². The van der Waals surface area contributed by atoms with E-state index in [1.807, 2.05) is 37.3 Å². The zero-order valence-corrected chi connectivity index (χ0v) is 15.0. The van der Waals surface area contributed by atoms with Crippen LogP contribution in [0.5, 0.6) is 0 Å². The normalized spacial score (nSPS) is 17.5. The fourth-order valence-electron chi connectivity index (χ4n) is 3.82. The molecule has 0 spiro atoms. The van der Waals surface area contributed by atoms with Crippen LogP contribution in [0.4, 0.5) is 5.69 Å². The van der Waals surface area contributed by atoms with Crippen molar-refractivity contribution in [1.29, 1.82) is 0 Å². The molecule has 4 rings (SSSR count). The van der Waals surface area contributed by atoms with Crippen LogP contribution < -0.4 is 10.6 Å². The van der Waals surface area contributed by atoms with E-state index in [0.717, 1.165) is 30.3 Å². The van der Waals surface area contributed by atoms with Crippen LogP contribution in [0.2, 0.25) is 0 Å². The number of amides is 1. The predicted molar refractivity (Wildman–Crippen MR) is 107 cm³/mol. The van der Waals surface area contributed by atoms with Crippen molar-refractivity contribution >= 4 is 22.4 Å². The maximum Gasteiger partial charge on any atom is 0.241 e. The zero-order chi connectivity index (χ0) is 17.9. The summed E-state index contributed by atoms with van der Waals surface area (Å²) in [6.07, 6.45) is 3.37. The molecule has 0 bridgehead atoms. The van der Waals surface area contributed by atoms with E-state index >= 15 is 0 Å². The fraction of sp³-hybridized carbons (Fsp3) is 0.261. The Morgan fingerprint density at radius 1 is 1.00 bits per heavy atom. The summed E-state index contributed by atoms with van der Waals surface area (Å²) in [5.41, 5.74) is 3.58. The highest BCUT2D eigenvalue weighted by Gasteiger charge is 2.23. The van der Waals surface area contributed by atoms with Crippen LogP contribution in [0, 0.1) is 0 Å². The minimum Gasteiger partial charge on any atom is -0.325 e. The number of nitrogens with one attached hydrogen (secondary N) is 2. The number of benzene rings is 3. The molecule has 0 saturated carbocycles. The lowest BCUT2D eigenvalue weighted by Crippen LogP contribution is -2.41. The van der Waals surface area contributed by atoms with Crippen molar-refractivity contribution < 1.29 is 4.79 Å². The average Bonchev–Trinajstić information content (AvgIpc) is 2.68. The first-order chi connectivity index (χ1) is 12.7. The molecule has 0 radical (unpaired) electrons. The number of rotatable bonds is 4. The Hall–Kier alpha value is -2.65. The molecule has 1 amide bonds. The molecule has 1 aliphatic rings. The molecule has 0 unspecified atom stereocenters. The topological polar surface area (TPSA) is 41.1 Å². The Kier molecular flexibility index (Phi) is 4.72. The Morgan fingerprint density at radius 3 is 2.65 bits per heavy atom. The smallest absolute Gasteiger partial charge is 0.241 e. The summed E-state index contributed by atoms with van der Waals surface area (Å²) in [5.74, 6) is 0.00309. The molecule has 0 fully saturated rings. The molecule has 2 N–H and O–H groups in total. The van der Waals surface area contributed by atoms with E-state index in [9.17, 15) is 4.79 Å². The van der Waals surface area contributed by atoms with Gasteiger partial charge in [0.05, 0.1) is 6.04 Å². The van der Waals surface area contributed by atoms with Crippen molar-refractivity contribution in [3.05, 3.63) is 77.9 Å². The number of carbonyl (C=O) groups excluding carboxylic acids is 1. The first-order valence-corrected chi connectivity index (χ1v) is 9.34. The van der Waals surface area contributed by atoms with Gasteiger partial charge in [0.15, 0.2) is 0 Å². The molecule has 132 valence electrons. The summed E-state index contributed by atoms with van der Waals surface area (Å²) in [5, 5.41) is 8.87. The van der Waals surface area contributed by atoms with Gasteiger partial charge in [0, 0.05) is 11.7 Å². The summed E-state index contributed by atoms with van der Waals surface area (Å²) in [7, 11) is 0. The minimum atomic E-state index is -0.252. The molecule has 0 saturated heterocycles. The molecule has 0 heterocycles. The standard InChI is InChI=1S/C23H24N2O/c1-16(24-22-12-6-10-18-8-4-5-11-21(18)22)23(26)25-20-14-13-17-7-2-3-9-19(17)15-20/h2-5,7-9,11,13-16,22,24H,6,10,12H2,1H3,(H,25,26)/t16-,22-/m0/s1. The largest absolute Gasteiger partial charge is 0.325 e. The van der Waals surface area contributed by atoms with Crippen LogP contribution in [0.15, 0.2) is 66.7 Å². The van der Waals surface area contributed by atoms with E-state index in [-0.39, 0.29) is 18.0 Å².